The van der Waals surface area contributed by atoms with E-state index in [1.807, 2.05) is 12.1 Å². The fourth-order valence-corrected chi connectivity index (χ4v) is 3.11. The van der Waals surface area contributed by atoms with Crippen LogP contribution in [-0.4, -0.2) is 41.3 Å². The fraction of sp³-hybridized carbons (Fsp3) is 0.357. The summed E-state index contributed by atoms with van der Waals surface area (Å²) < 4.78 is 1.01. The van der Waals surface area contributed by atoms with Gasteiger partial charge in [0.25, 0.3) is 5.91 Å². The first kappa shape index (κ1) is 13.1. The van der Waals surface area contributed by atoms with Gasteiger partial charge in [-0.25, -0.2) is 4.98 Å². The Morgan fingerprint density at radius 2 is 2.35 bits per heavy atom. The van der Waals surface area contributed by atoms with E-state index >= 15 is 0 Å². The number of carbonyl (C=O) groups is 2. The molecular formula is C14H15N3O2S. The predicted molar refractivity (Wildman–Crippen MR) is 77.7 cm³/mol. The Balaban J connectivity index is 1.71. The van der Waals surface area contributed by atoms with Crippen molar-refractivity contribution in [3.8, 4) is 0 Å². The van der Waals surface area contributed by atoms with E-state index in [1.54, 1.807) is 23.5 Å². The van der Waals surface area contributed by atoms with Gasteiger partial charge in [0.2, 0.25) is 5.91 Å². The number of thiazole rings is 1. The first-order valence-corrected chi connectivity index (χ1v) is 7.39. The lowest BCUT2D eigenvalue weighted by Gasteiger charge is -2.30. The van der Waals surface area contributed by atoms with Gasteiger partial charge in [-0.1, -0.05) is 0 Å². The number of piperidine rings is 1. The molecule has 104 valence electrons. The van der Waals surface area contributed by atoms with Crippen LogP contribution < -0.4 is 5.32 Å². The molecule has 0 saturated carbocycles. The Hall–Kier alpha value is -1.95. The number of nitrogens with one attached hydrogen (secondary N) is 1. The van der Waals surface area contributed by atoms with Gasteiger partial charge < -0.3 is 10.2 Å². The van der Waals surface area contributed by atoms with Crippen LogP contribution in [0.15, 0.2) is 23.7 Å². The molecule has 0 radical (unpaired) electrons. The van der Waals surface area contributed by atoms with Crippen LogP contribution in [0.25, 0.3) is 10.2 Å². The average molecular weight is 289 g/mol. The summed E-state index contributed by atoms with van der Waals surface area (Å²) in [5, 5.41) is 2.99. The van der Waals surface area contributed by atoms with E-state index in [0.29, 0.717) is 24.9 Å². The summed E-state index contributed by atoms with van der Waals surface area (Å²) in [5.74, 6) is 0.0506. The summed E-state index contributed by atoms with van der Waals surface area (Å²) >= 11 is 1.52. The average Bonchev–Trinajstić information content (AvgIpc) is 2.90. The zero-order valence-electron chi connectivity index (χ0n) is 11.1. The second-order valence-electron chi connectivity index (χ2n) is 5.02. The van der Waals surface area contributed by atoms with Gasteiger partial charge in [-0.05, 0) is 24.6 Å². The van der Waals surface area contributed by atoms with Crippen LogP contribution in [0.1, 0.15) is 23.2 Å². The van der Waals surface area contributed by atoms with Gasteiger partial charge in [-0.3, -0.25) is 9.59 Å². The largest absolute Gasteiger partial charge is 0.348 e. The molecule has 3 rings (SSSR count). The van der Waals surface area contributed by atoms with Crippen LogP contribution in [-0.2, 0) is 4.79 Å². The molecular weight excluding hydrogens is 274 g/mol. The summed E-state index contributed by atoms with van der Waals surface area (Å²) in [5.41, 5.74) is 3.32. The van der Waals surface area contributed by atoms with Crippen LogP contribution in [0, 0.1) is 0 Å². The summed E-state index contributed by atoms with van der Waals surface area (Å²) in [7, 11) is 1.77. The van der Waals surface area contributed by atoms with Crippen molar-refractivity contribution >= 4 is 33.4 Å². The van der Waals surface area contributed by atoms with Crippen molar-refractivity contribution in [1.29, 1.82) is 0 Å². The molecule has 0 spiro atoms. The molecule has 1 N–H and O–H groups in total. The van der Waals surface area contributed by atoms with Gasteiger partial charge in [0, 0.05) is 31.6 Å². The van der Waals surface area contributed by atoms with Crippen molar-refractivity contribution < 1.29 is 9.59 Å². The van der Waals surface area contributed by atoms with Crippen LogP contribution in [0.4, 0.5) is 0 Å². The highest BCUT2D eigenvalue weighted by molar-refractivity contribution is 7.16. The van der Waals surface area contributed by atoms with Crippen molar-refractivity contribution in [2.45, 2.75) is 18.9 Å². The number of aromatic nitrogens is 1. The monoisotopic (exact) mass is 289 g/mol. The highest BCUT2D eigenvalue weighted by Crippen LogP contribution is 2.19. The molecule has 1 aliphatic rings. The fourth-order valence-electron chi connectivity index (χ4n) is 2.40. The first-order chi connectivity index (χ1) is 9.63. The summed E-state index contributed by atoms with van der Waals surface area (Å²) in [6.07, 6.45) is 1.20. The highest BCUT2D eigenvalue weighted by Gasteiger charge is 2.24. The molecule has 20 heavy (non-hydrogen) atoms. The van der Waals surface area contributed by atoms with Crippen molar-refractivity contribution in [3.63, 3.8) is 0 Å². The number of hydrogen-bond acceptors (Lipinski definition) is 4. The third-order valence-electron chi connectivity index (χ3n) is 3.56. The molecule has 0 bridgehead atoms. The molecule has 0 aliphatic carbocycles. The number of carbonyl (C=O) groups excluding carboxylic acids is 2. The SMILES string of the molecule is CN1CC(NC(=O)c2ccc3ncsc3c2)CCC1=O. The van der Waals surface area contributed by atoms with E-state index in [4.69, 9.17) is 0 Å². The van der Waals surface area contributed by atoms with E-state index in [9.17, 15) is 9.59 Å². The van der Waals surface area contributed by atoms with Crippen molar-refractivity contribution in [2.75, 3.05) is 13.6 Å². The minimum Gasteiger partial charge on any atom is -0.348 e. The maximum atomic E-state index is 12.2. The quantitative estimate of drug-likeness (QED) is 0.914. The first-order valence-electron chi connectivity index (χ1n) is 6.51. The van der Waals surface area contributed by atoms with Gasteiger partial charge in [0.1, 0.15) is 0 Å². The molecule has 1 unspecified atom stereocenters. The number of rotatable bonds is 2. The second-order valence-corrected chi connectivity index (χ2v) is 5.90. The Morgan fingerprint density at radius 1 is 1.50 bits per heavy atom. The third kappa shape index (κ3) is 2.51. The van der Waals surface area contributed by atoms with Gasteiger partial charge in [0.15, 0.2) is 0 Å². The molecule has 6 heteroatoms. The van der Waals surface area contributed by atoms with E-state index in [2.05, 4.69) is 10.3 Å². The van der Waals surface area contributed by atoms with E-state index < -0.39 is 0 Å². The molecule has 1 fully saturated rings. The van der Waals surface area contributed by atoms with E-state index in [-0.39, 0.29) is 17.9 Å². The third-order valence-corrected chi connectivity index (χ3v) is 4.35. The topological polar surface area (TPSA) is 62.3 Å². The predicted octanol–water partition coefficient (Wildman–Crippen LogP) is 1.65. The van der Waals surface area contributed by atoms with E-state index in [0.717, 1.165) is 10.2 Å². The minimum atomic E-state index is -0.0898. The molecule has 1 aromatic carbocycles. The maximum Gasteiger partial charge on any atom is 0.251 e. The van der Waals surface area contributed by atoms with Gasteiger partial charge in [0.05, 0.1) is 15.7 Å². The lowest BCUT2D eigenvalue weighted by atomic mass is 10.0. The number of nitrogens with zero attached hydrogens (tertiary/aromatic N) is 2. The lowest BCUT2D eigenvalue weighted by molar-refractivity contribution is -0.132. The minimum absolute atomic E-state index is 0.0300. The van der Waals surface area contributed by atoms with Crippen molar-refractivity contribution in [3.05, 3.63) is 29.3 Å². The molecule has 2 aromatic rings. The Morgan fingerprint density at radius 3 is 3.15 bits per heavy atom. The van der Waals surface area contributed by atoms with Crippen LogP contribution in [0.5, 0.6) is 0 Å². The van der Waals surface area contributed by atoms with Gasteiger partial charge in [-0.15, -0.1) is 11.3 Å². The molecule has 2 heterocycles. The zero-order valence-corrected chi connectivity index (χ0v) is 11.9. The molecule has 1 aliphatic heterocycles. The van der Waals surface area contributed by atoms with Gasteiger partial charge >= 0.3 is 0 Å². The summed E-state index contributed by atoms with van der Waals surface area (Å²) in [6, 6.07) is 5.54. The van der Waals surface area contributed by atoms with Crippen molar-refractivity contribution in [2.24, 2.45) is 0 Å². The number of likely N-dealkylation sites (tertiary alicyclic amines) is 1. The summed E-state index contributed by atoms with van der Waals surface area (Å²) in [6.45, 7) is 0.577. The molecule has 1 saturated heterocycles. The molecule has 2 amide bonds. The Bertz CT molecular complexity index is 667. The smallest absolute Gasteiger partial charge is 0.251 e. The standard InChI is InChI=1S/C14H15N3O2S/c1-17-7-10(3-5-13(17)18)16-14(19)9-2-4-11-12(6-9)20-8-15-11/h2,4,6,8,10H,3,5,7H2,1H3,(H,16,19). The van der Waals surface area contributed by atoms with Crippen LogP contribution >= 0.6 is 11.3 Å². The number of fused-ring (bicyclic) bond motifs is 1. The number of amides is 2. The molecule has 5 nitrogen and oxygen atoms in total. The molecule has 1 aromatic heterocycles. The molecule has 1 atom stereocenters. The zero-order chi connectivity index (χ0) is 14.1. The normalized spacial score (nSPS) is 19.4. The number of benzene rings is 1. The Kier molecular flexibility index (Phi) is 3.40. The number of hydrogen-bond donors (Lipinski definition) is 1. The maximum absolute atomic E-state index is 12.2. The van der Waals surface area contributed by atoms with Crippen molar-refractivity contribution in [1.82, 2.24) is 15.2 Å². The second kappa shape index (κ2) is 5.20. The Labute approximate surface area is 120 Å². The number of likely N-dealkylation sites (N-methyl/N-ethyl adjacent to an activating group) is 1. The summed E-state index contributed by atoms with van der Waals surface area (Å²) in [4.78, 5) is 29.5. The highest BCUT2D eigenvalue weighted by atomic mass is 32.1. The van der Waals surface area contributed by atoms with E-state index in [1.165, 1.54) is 11.3 Å². The lowest BCUT2D eigenvalue weighted by Crippen LogP contribution is -2.48. The van der Waals surface area contributed by atoms with Crippen LogP contribution in [0.3, 0.4) is 0 Å². The van der Waals surface area contributed by atoms with Gasteiger partial charge in [-0.2, -0.15) is 0 Å². The van der Waals surface area contributed by atoms with Crippen LogP contribution in [0.2, 0.25) is 0 Å².